The molecule has 0 spiro atoms. The van der Waals surface area contributed by atoms with Crippen LogP contribution in [-0.2, 0) is 9.59 Å². The van der Waals surface area contributed by atoms with Crippen LogP contribution in [0.5, 0.6) is 0 Å². The molecule has 6 nitrogen and oxygen atoms in total. The summed E-state index contributed by atoms with van der Waals surface area (Å²) in [5.41, 5.74) is 0. The van der Waals surface area contributed by atoms with Crippen LogP contribution < -0.4 is 10.6 Å². The molecule has 132 valence electrons. The second kappa shape index (κ2) is 7.01. The Labute approximate surface area is 159 Å². The van der Waals surface area contributed by atoms with Crippen molar-refractivity contribution in [1.29, 1.82) is 0 Å². The molecule has 4 rings (SSSR count). The summed E-state index contributed by atoms with van der Waals surface area (Å²) in [7, 11) is 1.74. The molecule has 3 aliphatic carbocycles. The van der Waals surface area contributed by atoms with Gasteiger partial charge in [-0.15, -0.1) is 24.0 Å². The number of hydrogen-bond acceptors (Lipinski definition) is 3. The molecule has 4 unspecified atom stereocenters. The molecule has 0 aromatic heterocycles. The molecule has 4 aliphatic rings. The predicted molar refractivity (Wildman–Crippen MR) is 102 cm³/mol. The van der Waals surface area contributed by atoms with Crippen LogP contribution in [0.1, 0.15) is 19.3 Å². The lowest BCUT2D eigenvalue weighted by Crippen LogP contribution is -2.44. The summed E-state index contributed by atoms with van der Waals surface area (Å²) in [6, 6.07) is 0. The van der Waals surface area contributed by atoms with E-state index in [1.54, 1.807) is 7.05 Å². The minimum atomic E-state index is -0.0928. The molecule has 3 fully saturated rings. The summed E-state index contributed by atoms with van der Waals surface area (Å²) in [6.45, 7) is 1.92. The number of nitrogens with zero attached hydrogens (tertiary/aromatic N) is 2. The number of hydrogen-bond donors (Lipinski definition) is 2. The van der Waals surface area contributed by atoms with Crippen molar-refractivity contribution in [3.63, 3.8) is 0 Å². The second-order valence-corrected chi connectivity index (χ2v) is 7.15. The zero-order valence-corrected chi connectivity index (χ0v) is 16.2. The van der Waals surface area contributed by atoms with Crippen molar-refractivity contribution in [3.8, 4) is 0 Å². The molecule has 2 saturated carbocycles. The Morgan fingerprint density at radius 1 is 1.17 bits per heavy atom. The third kappa shape index (κ3) is 3.07. The van der Waals surface area contributed by atoms with Crippen LogP contribution in [0.15, 0.2) is 17.1 Å². The Morgan fingerprint density at radius 3 is 2.33 bits per heavy atom. The van der Waals surface area contributed by atoms with Gasteiger partial charge in [-0.05, 0) is 37.0 Å². The number of carbonyl (C=O) groups excluding carboxylic acids is 2. The van der Waals surface area contributed by atoms with E-state index in [2.05, 4.69) is 27.8 Å². The van der Waals surface area contributed by atoms with E-state index >= 15 is 0 Å². The lowest BCUT2D eigenvalue weighted by Gasteiger charge is -2.18. The van der Waals surface area contributed by atoms with Gasteiger partial charge in [0, 0.05) is 26.7 Å². The van der Waals surface area contributed by atoms with E-state index in [0.717, 1.165) is 24.8 Å². The minimum absolute atomic E-state index is 0. The molecule has 1 aliphatic heterocycles. The molecule has 2 bridgehead atoms. The molecule has 7 heteroatoms. The number of aliphatic imine (C=N–C) groups is 1. The first-order chi connectivity index (χ1) is 11.2. The van der Waals surface area contributed by atoms with E-state index in [9.17, 15) is 9.59 Å². The number of nitrogens with one attached hydrogen (secondary N) is 2. The maximum Gasteiger partial charge on any atom is 0.233 e. The van der Waals surface area contributed by atoms with Crippen molar-refractivity contribution in [3.05, 3.63) is 12.2 Å². The number of carbonyl (C=O) groups is 2. The number of amides is 2. The first-order valence-electron chi connectivity index (χ1n) is 8.67. The van der Waals surface area contributed by atoms with Gasteiger partial charge in [-0.2, -0.15) is 0 Å². The molecule has 2 amide bonds. The minimum Gasteiger partial charge on any atom is -0.356 e. The normalized spacial score (nSPS) is 33.7. The Hall–Kier alpha value is -1.12. The third-order valence-electron chi connectivity index (χ3n) is 5.67. The Balaban J connectivity index is 0.00000169. The highest BCUT2D eigenvalue weighted by Gasteiger charge is 2.58. The third-order valence-corrected chi connectivity index (χ3v) is 5.67. The number of likely N-dealkylation sites (tertiary alicyclic amines) is 1. The van der Waals surface area contributed by atoms with Gasteiger partial charge in [-0.3, -0.25) is 19.5 Å². The zero-order valence-electron chi connectivity index (χ0n) is 13.9. The molecular formula is C17H25IN4O2. The monoisotopic (exact) mass is 444 g/mol. The van der Waals surface area contributed by atoms with Crippen molar-refractivity contribution in [2.24, 2.45) is 34.6 Å². The number of fused-ring (bicyclic) bond motifs is 5. The molecular weight excluding hydrogens is 419 g/mol. The van der Waals surface area contributed by atoms with Crippen molar-refractivity contribution in [1.82, 2.24) is 15.5 Å². The van der Waals surface area contributed by atoms with E-state index < -0.39 is 0 Å². The van der Waals surface area contributed by atoms with E-state index in [-0.39, 0.29) is 59.5 Å². The zero-order chi connectivity index (χ0) is 16.0. The summed E-state index contributed by atoms with van der Waals surface area (Å²) in [6.07, 6.45) is 7.82. The fraction of sp³-hybridized carbons (Fsp3) is 0.706. The highest BCUT2D eigenvalue weighted by molar-refractivity contribution is 14.0. The van der Waals surface area contributed by atoms with Crippen molar-refractivity contribution in [2.45, 2.75) is 19.3 Å². The van der Waals surface area contributed by atoms with Crippen LogP contribution >= 0.6 is 24.0 Å². The van der Waals surface area contributed by atoms with Gasteiger partial charge in [0.1, 0.15) is 0 Å². The topological polar surface area (TPSA) is 73.8 Å². The smallest absolute Gasteiger partial charge is 0.233 e. The first kappa shape index (κ1) is 17.7. The van der Waals surface area contributed by atoms with E-state index in [0.29, 0.717) is 13.1 Å². The van der Waals surface area contributed by atoms with Gasteiger partial charge in [0.15, 0.2) is 5.96 Å². The number of imide groups is 1. The molecule has 1 heterocycles. The van der Waals surface area contributed by atoms with E-state index in [1.807, 2.05) is 0 Å². The average Bonchev–Trinajstić information content (AvgIpc) is 3.06. The number of halogens is 1. The molecule has 0 aromatic rings. The summed E-state index contributed by atoms with van der Waals surface area (Å²) >= 11 is 0. The summed E-state index contributed by atoms with van der Waals surface area (Å²) < 4.78 is 0. The summed E-state index contributed by atoms with van der Waals surface area (Å²) in [5, 5.41) is 6.49. The number of guanidine groups is 1. The van der Waals surface area contributed by atoms with Crippen LogP contribution in [0.25, 0.3) is 0 Å². The molecule has 0 aromatic carbocycles. The molecule has 2 N–H and O–H groups in total. The van der Waals surface area contributed by atoms with Gasteiger partial charge >= 0.3 is 0 Å². The maximum atomic E-state index is 12.6. The van der Waals surface area contributed by atoms with Gasteiger partial charge in [0.05, 0.1) is 11.8 Å². The second-order valence-electron chi connectivity index (χ2n) is 7.15. The lowest BCUT2D eigenvalue weighted by atomic mass is 9.85. The van der Waals surface area contributed by atoms with Gasteiger partial charge in [0.2, 0.25) is 11.8 Å². The fourth-order valence-corrected chi connectivity index (χ4v) is 4.25. The first-order valence-corrected chi connectivity index (χ1v) is 8.67. The van der Waals surface area contributed by atoms with Gasteiger partial charge in [0.25, 0.3) is 0 Å². The Bertz CT molecular complexity index is 557. The summed E-state index contributed by atoms with van der Waals surface area (Å²) in [5.74, 6) is 1.96. The van der Waals surface area contributed by atoms with Gasteiger partial charge < -0.3 is 10.6 Å². The molecule has 24 heavy (non-hydrogen) atoms. The predicted octanol–water partition coefficient (Wildman–Crippen LogP) is 0.986. The van der Waals surface area contributed by atoms with Crippen LogP contribution in [0.4, 0.5) is 0 Å². The fourth-order valence-electron chi connectivity index (χ4n) is 4.25. The lowest BCUT2D eigenvalue weighted by molar-refractivity contribution is -0.140. The molecule has 1 saturated heterocycles. The standard InChI is InChI=1S/C17H24N4O2.HI/c1-18-17(20-9-10-2-3-10)19-6-7-21-15(22)13-11-4-5-12(8-11)14(13)16(21)23;/h4-5,10-14H,2-3,6-9H2,1H3,(H2,18,19,20);1H. The van der Waals surface area contributed by atoms with Gasteiger partial charge in [-0.25, -0.2) is 0 Å². The van der Waals surface area contributed by atoms with Crippen molar-refractivity contribution in [2.75, 3.05) is 26.7 Å². The highest BCUT2D eigenvalue weighted by Crippen LogP contribution is 2.52. The number of allylic oxidation sites excluding steroid dienone is 2. The molecule has 0 radical (unpaired) electrons. The van der Waals surface area contributed by atoms with Crippen molar-refractivity contribution >= 4 is 41.8 Å². The Morgan fingerprint density at radius 2 is 1.79 bits per heavy atom. The van der Waals surface area contributed by atoms with E-state index in [1.165, 1.54) is 17.7 Å². The van der Waals surface area contributed by atoms with Crippen LogP contribution in [0, 0.1) is 29.6 Å². The largest absolute Gasteiger partial charge is 0.356 e. The van der Waals surface area contributed by atoms with E-state index in [4.69, 9.17) is 0 Å². The van der Waals surface area contributed by atoms with Crippen LogP contribution in [0.2, 0.25) is 0 Å². The highest BCUT2D eigenvalue weighted by atomic mass is 127. The Kier molecular flexibility index (Phi) is 5.17. The van der Waals surface area contributed by atoms with Crippen LogP contribution in [-0.4, -0.2) is 49.4 Å². The average molecular weight is 444 g/mol. The quantitative estimate of drug-likeness (QED) is 0.218. The van der Waals surface area contributed by atoms with Crippen LogP contribution in [0.3, 0.4) is 0 Å². The summed E-state index contributed by atoms with van der Waals surface area (Å²) in [4.78, 5) is 30.7. The van der Waals surface area contributed by atoms with Crippen molar-refractivity contribution < 1.29 is 9.59 Å². The van der Waals surface area contributed by atoms with Gasteiger partial charge in [-0.1, -0.05) is 12.2 Å². The maximum absolute atomic E-state index is 12.6. The SMILES string of the molecule is CN=C(NCCN1C(=O)C2C3C=CC(C3)C2C1=O)NCC1CC1.I. The molecule has 4 atom stereocenters. The number of rotatable bonds is 5.